The first kappa shape index (κ1) is 12.3. The molecular weight excluding hydrogens is 278 g/mol. The van der Waals surface area contributed by atoms with E-state index in [-0.39, 0.29) is 0 Å². The Kier molecular flexibility index (Phi) is 3.05. The molecule has 0 aliphatic rings. The number of rotatable bonds is 2. The third-order valence-corrected chi connectivity index (χ3v) is 4.13. The van der Waals surface area contributed by atoms with E-state index in [2.05, 4.69) is 10.3 Å². The van der Waals surface area contributed by atoms with Crippen molar-refractivity contribution in [1.82, 2.24) is 4.98 Å². The van der Waals surface area contributed by atoms with Crippen LogP contribution < -0.4 is 11.1 Å². The second-order valence-corrected chi connectivity index (χ2v) is 5.58. The number of nitrogen functional groups attached to an aromatic ring is 1. The molecule has 0 saturated carbocycles. The van der Waals surface area contributed by atoms with Gasteiger partial charge in [0.1, 0.15) is 5.52 Å². The van der Waals surface area contributed by atoms with Crippen LogP contribution in [-0.2, 0) is 0 Å². The van der Waals surface area contributed by atoms with Crippen LogP contribution in [0.15, 0.2) is 35.8 Å². The number of fused-ring (bicyclic) bond motifs is 1. The molecule has 0 radical (unpaired) electrons. The van der Waals surface area contributed by atoms with Crippen LogP contribution in [-0.4, -0.2) is 4.98 Å². The third kappa shape index (κ3) is 2.13. The topological polar surface area (TPSA) is 50.9 Å². The van der Waals surface area contributed by atoms with Gasteiger partial charge in [-0.15, -0.1) is 11.3 Å². The molecule has 0 bridgehead atoms. The van der Waals surface area contributed by atoms with Crippen LogP contribution in [0.3, 0.4) is 0 Å². The van der Waals surface area contributed by atoms with Crippen molar-refractivity contribution >= 4 is 50.2 Å². The fourth-order valence-corrected chi connectivity index (χ4v) is 2.95. The molecule has 19 heavy (non-hydrogen) atoms. The summed E-state index contributed by atoms with van der Waals surface area (Å²) in [4.78, 5) is 4.29. The first-order valence-corrected chi connectivity index (χ1v) is 7.06. The molecule has 3 rings (SSSR count). The van der Waals surface area contributed by atoms with Crippen molar-refractivity contribution < 1.29 is 0 Å². The van der Waals surface area contributed by atoms with E-state index in [1.54, 1.807) is 16.8 Å². The molecule has 1 heterocycles. The lowest BCUT2D eigenvalue weighted by molar-refractivity contribution is 1.43. The molecule has 5 heteroatoms. The monoisotopic (exact) mass is 289 g/mol. The maximum atomic E-state index is 6.21. The zero-order valence-corrected chi connectivity index (χ0v) is 11.8. The minimum atomic E-state index is 0.651. The second-order valence-electron chi connectivity index (χ2n) is 4.28. The Morgan fingerprint density at radius 1 is 1.26 bits per heavy atom. The highest BCUT2D eigenvalue weighted by atomic mass is 35.5. The van der Waals surface area contributed by atoms with Gasteiger partial charge in [0.05, 0.1) is 32.3 Å². The first-order chi connectivity index (χ1) is 9.16. The minimum absolute atomic E-state index is 0.651. The van der Waals surface area contributed by atoms with Gasteiger partial charge in [-0.05, 0) is 30.7 Å². The lowest BCUT2D eigenvalue weighted by atomic mass is 10.1. The van der Waals surface area contributed by atoms with Crippen molar-refractivity contribution in [3.05, 3.63) is 46.4 Å². The molecule has 96 valence electrons. The Labute approximate surface area is 120 Å². The number of hydrogen-bond donors (Lipinski definition) is 2. The van der Waals surface area contributed by atoms with Gasteiger partial charge in [0.15, 0.2) is 0 Å². The maximum Gasteiger partial charge on any atom is 0.106 e. The molecule has 0 saturated heterocycles. The molecule has 3 aromatic rings. The molecule has 0 fully saturated rings. The average Bonchev–Trinajstić information content (AvgIpc) is 2.85. The number of thiazole rings is 1. The third-order valence-electron chi connectivity index (χ3n) is 3.02. The van der Waals surface area contributed by atoms with Crippen molar-refractivity contribution in [2.75, 3.05) is 11.1 Å². The molecule has 0 atom stereocenters. The van der Waals surface area contributed by atoms with E-state index in [1.807, 2.05) is 37.3 Å². The summed E-state index contributed by atoms with van der Waals surface area (Å²) in [6, 6.07) is 9.76. The summed E-state index contributed by atoms with van der Waals surface area (Å²) < 4.78 is 1.08. The standard InChI is InChI=1S/C14H12ClN3S/c1-8-3-2-4-9(15)13(8)18-10-5-6-11-14(12(10)16)17-7-19-11/h2-7,18H,16H2,1H3. The van der Waals surface area contributed by atoms with Crippen LogP contribution >= 0.6 is 22.9 Å². The lowest BCUT2D eigenvalue weighted by Crippen LogP contribution is -1.99. The Hall–Kier alpha value is -1.78. The molecular formula is C14H12ClN3S. The summed E-state index contributed by atoms with van der Waals surface area (Å²) in [5.74, 6) is 0. The maximum absolute atomic E-state index is 6.21. The van der Waals surface area contributed by atoms with E-state index in [4.69, 9.17) is 17.3 Å². The number of anilines is 3. The van der Waals surface area contributed by atoms with Gasteiger partial charge in [-0.3, -0.25) is 0 Å². The van der Waals surface area contributed by atoms with Crippen LogP contribution in [0.1, 0.15) is 5.56 Å². The van der Waals surface area contributed by atoms with Crippen molar-refractivity contribution in [3.63, 3.8) is 0 Å². The van der Waals surface area contributed by atoms with Crippen molar-refractivity contribution in [2.45, 2.75) is 6.92 Å². The van der Waals surface area contributed by atoms with Crippen LogP contribution in [0.4, 0.5) is 17.1 Å². The van der Waals surface area contributed by atoms with Gasteiger partial charge in [-0.2, -0.15) is 0 Å². The molecule has 2 aromatic carbocycles. The number of nitrogens with one attached hydrogen (secondary N) is 1. The second kappa shape index (κ2) is 4.72. The zero-order chi connectivity index (χ0) is 13.4. The molecule has 0 aliphatic carbocycles. The predicted octanol–water partition coefficient (Wildman–Crippen LogP) is 4.58. The zero-order valence-electron chi connectivity index (χ0n) is 10.3. The summed E-state index contributed by atoms with van der Waals surface area (Å²) in [6.45, 7) is 2.01. The number of nitrogens with zero attached hydrogens (tertiary/aromatic N) is 1. The van der Waals surface area contributed by atoms with Gasteiger partial charge >= 0.3 is 0 Å². The Morgan fingerprint density at radius 2 is 2.11 bits per heavy atom. The summed E-state index contributed by atoms with van der Waals surface area (Å²) >= 11 is 7.79. The fraction of sp³-hybridized carbons (Fsp3) is 0.0714. The molecule has 0 aliphatic heterocycles. The minimum Gasteiger partial charge on any atom is -0.395 e. The SMILES string of the molecule is Cc1cccc(Cl)c1Nc1ccc2scnc2c1N. The van der Waals surface area contributed by atoms with E-state index >= 15 is 0 Å². The normalized spacial score (nSPS) is 10.8. The van der Waals surface area contributed by atoms with E-state index < -0.39 is 0 Å². The highest BCUT2D eigenvalue weighted by molar-refractivity contribution is 7.16. The van der Waals surface area contributed by atoms with Crippen molar-refractivity contribution in [2.24, 2.45) is 0 Å². The number of nitrogens with two attached hydrogens (primary N) is 1. The van der Waals surface area contributed by atoms with Crippen LogP contribution in [0, 0.1) is 6.92 Å². The van der Waals surface area contributed by atoms with E-state index in [1.165, 1.54) is 0 Å². The number of aryl methyl sites for hydroxylation is 1. The summed E-state index contributed by atoms with van der Waals surface area (Å²) in [7, 11) is 0. The van der Waals surface area contributed by atoms with E-state index in [0.717, 1.165) is 27.2 Å². The highest BCUT2D eigenvalue weighted by Gasteiger charge is 2.09. The predicted molar refractivity (Wildman–Crippen MR) is 83.5 cm³/mol. The van der Waals surface area contributed by atoms with Gasteiger partial charge in [-0.1, -0.05) is 23.7 Å². The van der Waals surface area contributed by atoms with Crippen LogP contribution in [0.2, 0.25) is 5.02 Å². The number of benzene rings is 2. The molecule has 0 spiro atoms. The van der Waals surface area contributed by atoms with Gasteiger partial charge in [-0.25, -0.2) is 4.98 Å². The number of hydrogen-bond acceptors (Lipinski definition) is 4. The quantitative estimate of drug-likeness (QED) is 0.679. The van der Waals surface area contributed by atoms with Crippen molar-refractivity contribution in [1.29, 1.82) is 0 Å². The highest BCUT2D eigenvalue weighted by Crippen LogP contribution is 2.35. The van der Waals surface area contributed by atoms with Gasteiger partial charge < -0.3 is 11.1 Å². The van der Waals surface area contributed by atoms with E-state index in [0.29, 0.717) is 10.7 Å². The van der Waals surface area contributed by atoms with Gasteiger partial charge in [0.2, 0.25) is 0 Å². The number of para-hydroxylation sites is 1. The molecule has 3 nitrogen and oxygen atoms in total. The largest absolute Gasteiger partial charge is 0.395 e. The smallest absolute Gasteiger partial charge is 0.106 e. The van der Waals surface area contributed by atoms with Crippen molar-refractivity contribution in [3.8, 4) is 0 Å². The molecule has 3 N–H and O–H groups in total. The Balaban J connectivity index is 2.08. The number of halogens is 1. The lowest BCUT2D eigenvalue weighted by Gasteiger charge is -2.13. The number of aromatic nitrogens is 1. The summed E-state index contributed by atoms with van der Waals surface area (Å²) in [5.41, 5.74) is 12.2. The van der Waals surface area contributed by atoms with Gasteiger partial charge in [0.25, 0.3) is 0 Å². The van der Waals surface area contributed by atoms with Crippen LogP contribution in [0.25, 0.3) is 10.2 Å². The Morgan fingerprint density at radius 3 is 2.89 bits per heavy atom. The molecule has 1 aromatic heterocycles. The molecule has 0 amide bonds. The summed E-state index contributed by atoms with van der Waals surface area (Å²) in [5, 5.41) is 3.98. The fourth-order valence-electron chi connectivity index (χ4n) is 1.99. The first-order valence-electron chi connectivity index (χ1n) is 5.80. The molecule has 0 unspecified atom stereocenters. The van der Waals surface area contributed by atoms with Crippen LogP contribution in [0.5, 0.6) is 0 Å². The van der Waals surface area contributed by atoms with E-state index in [9.17, 15) is 0 Å². The average molecular weight is 290 g/mol. The summed E-state index contributed by atoms with van der Waals surface area (Å²) in [6.07, 6.45) is 0. The van der Waals surface area contributed by atoms with Gasteiger partial charge in [0, 0.05) is 0 Å². The Bertz CT molecular complexity index is 731.